The van der Waals surface area contributed by atoms with Gasteiger partial charge in [-0.1, -0.05) is 19.1 Å². The van der Waals surface area contributed by atoms with Gasteiger partial charge in [-0.15, -0.1) is 0 Å². The van der Waals surface area contributed by atoms with Crippen molar-refractivity contribution in [3.05, 3.63) is 30.5 Å². The van der Waals surface area contributed by atoms with Gasteiger partial charge in [0, 0.05) is 13.1 Å². The van der Waals surface area contributed by atoms with Gasteiger partial charge in [-0.05, 0) is 25.7 Å². The lowest BCUT2D eigenvalue weighted by Crippen LogP contribution is -2.24. The first-order chi connectivity index (χ1) is 8.29. The van der Waals surface area contributed by atoms with Crippen molar-refractivity contribution in [1.82, 2.24) is 14.9 Å². The van der Waals surface area contributed by atoms with E-state index in [0.29, 0.717) is 0 Å². The van der Waals surface area contributed by atoms with Crippen molar-refractivity contribution in [2.45, 2.75) is 6.92 Å². The highest BCUT2D eigenvalue weighted by Gasteiger charge is 1.99. The Hall–Kier alpha value is -1.68. The number of hydrogen-bond donors (Lipinski definition) is 1. The van der Waals surface area contributed by atoms with E-state index < -0.39 is 0 Å². The van der Waals surface area contributed by atoms with Crippen LogP contribution >= 0.6 is 0 Å². The zero-order valence-corrected chi connectivity index (χ0v) is 10.3. The van der Waals surface area contributed by atoms with E-state index in [9.17, 15) is 0 Å². The minimum Gasteiger partial charge on any atom is -0.367 e. The number of fused-ring (bicyclic) bond motifs is 1. The third-order valence-corrected chi connectivity index (χ3v) is 2.79. The number of benzene rings is 1. The molecule has 0 aliphatic rings. The minimum atomic E-state index is 0.841. The van der Waals surface area contributed by atoms with Gasteiger partial charge in [0.15, 0.2) is 0 Å². The van der Waals surface area contributed by atoms with E-state index in [1.165, 1.54) is 0 Å². The highest BCUT2D eigenvalue weighted by Crippen LogP contribution is 2.10. The summed E-state index contributed by atoms with van der Waals surface area (Å²) in [5, 5.41) is 3.29. The summed E-state index contributed by atoms with van der Waals surface area (Å²) in [6.07, 6.45) is 1.79. The molecule has 0 saturated carbocycles. The van der Waals surface area contributed by atoms with Crippen molar-refractivity contribution >= 4 is 16.9 Å². The number of hydrogen-bond acceptors (Lipinski definition) is 4. The lowest BCUT2D eigenvalue weighted by molar-refractivity contribution is 0.367. The van der Waals surface area contributed by atoms with Crippen molar-refractivity contribution in [2.24, 2.45) is 0 Å². The molecule has 4 heteroatoms. The van der Waals surface area contributed by atoms with Gasteiger partial charge in [0.1, 0.15) is 5.82 Å². The molecule has 0 saturated heterocycles. The Morgan fingerprint density at radius 3 is 2.76 bits per heavy atom. The Bertz CT molecular complexity index is 484. The second kappa shape index (κ2) is 5.59. The number of rotatable bonds is 5. The Morgan fingerprint density at radius 1 is 1.24 bits per heavy atom. The second-order valence-corrected chi connectivity index (χ2v) is 4.07. The average molecular weight is 230 g/mol. The third kappa shape index (κ3) is 3.14. The fourth-order valence-electron chi connectivity index (χ4n) is 1.58. The summed E-state index contributed by atoms with van der Waals surface area (Å²) < 4.78 is 0. The standard InChI is InChI=1S/C13H18N4/c1-3-17(2)9-8-14-13-10-15-11-6-4-5-7-12(11)16-13/h4-7,10H,3,8-9H2,1-2H3,(H,14,16). The lowest BCUT2D eigenvalue weighted by atomic mass is 10.3. The molecule has 4 nitrogen and oxygen atoms in total. The molecule has 0 atom stereocenters. The number of aromatic nitrogens is 2. The van der Waals surface area contributed by atoms with Crippen LogP contribution in [0.5, 0.6) is 0 Å². The van der Waals surface area contributed by atoms with Crippen LogP contribution in [0.4, 0.5) is 5.82 Å². The summed E-state index contributed by atoms with van der Waals surface area (Å²) in [5.41, 5.74) is 1.87. The fourth-order valence-corrected chi connectivity index (χ4v) is 1.58. The van der Waals surface area contributed by atoms with Gasteiger partial charge >= 0.3 is 0 Å². The largest absolute Gasteiger partial charge is 0.367 e. The normalized spacial score (nSPS) is 11.0. The predicted octanol–water partition coefficient (Wildman–Crippen LogP) is 1.99. The number of nitrogens with one attached hydrogen (secondary N) is 1. The molecule has 1 aromatic carbocycles. The topological polar surface area (TPSA) is 41.0 Å². The van der Waals surface area contributed by atoms with Crippen molar-refractivity contribution < 1.29 is 0 Å². The smallest absolute Gasteiger partial charge is 0.145 e. The quantitative estimate of drug-likeness (QED) is 0.853. The molecule has 0 unspecified atom stereocenters. The minimum absolute atomic E-state index is 0.841. The Morgan fingerprint density at radius 2 is 2.00 bits per heavy atom. The molecule has 17 heavy (non-hydrogen) atoms. The van der Waals surface area contributed by atoms with Crippen LogP contribution in [-0.4, -0.2) is 41.5 Å². The molecular weight excluding hydrogens is 212 g/mol. The average Bonchev–Trinajstić information content (AvgIpc) is 2.38. The van der Waals surface area contributed by atoms with Crippen LogP contribution in [0.25, 0.3) is 11.0 Å². The van der Waals surface area contributed by atoms with Gasteiger partial charge in [-0.25, -0.2) is 4.98 Å². The predicted molar refractivity (Wildman–Crippen MR) is 71.2 cm³/mol. The molecule has 0 radical (unpaired) electrons. The number of nitrogens with zero attached hydrogens (tertiary/aromatic N) is 3. The van der Waals surface area contributed by atoms with Crippen molar-refractivity contribution in [2.75, 3.05) is 32.0 Å². The van der Waals surface area contributed by atoms with E-state index in [1.54, 1.807) is 6.20 Å². The van der Waals surface area contributed by atoms with Crippen LogP contribution in [0.1, 0.15) is 6.92 Å². The van der Waals surface area contributed by atoms with E-state index in [1.807, 2.05) is 24.3 Å². The van der Waals surface area contributed by atoms with Crippen molar-refractivity contribution in [3.8, 4) is 0 Å². The number of likely N-dealkylation sites (N-methyl/N-ethyl adjacent to an activating group) is 1. The highest BCUT2D eigenvalue weighted by molar-refractivity contribution is 5.75. The maximum atomic E-state index is 4.51. The first-order valence-corrected chi connectivity index (χ1v) is 5.94. The number of para-hydroxylation sites is 2. The molecule has 0 aliphatic heterocycles. The Kier molecular flexibility index (Phi) is 3.88. The van der Waals surface area contributed by atoms with E-state index in [4.69, 9.17) is 0 Å². The molecule has 0 spiro atoms. The maximum Gasteiger partial charge on any atom is 0.145 e. The zero-order chi connectivity index (χ0) is 12.1. The van der Waals surface area contributed by atoms with Crippen LogP contribution in [-0.2, 0) is 0 Å². The summed E-state index contributed by atoms with van der Waals surface area (Å²) in [6.45, 7) is 5.10. The van der Waals surface area contributed by atoms with Crippen LogP contribution in [0, 0.1) is 0 Å². The molecule has 0 amide bonds. The zero-order valence-electron chi connectivity index (χ0n) is 10.3. The summed E-state index contributed by atoms with van der Waals surface area (Å²) in [4.78, 5) is 11.1. The molecule has 0 aliphatic carbocycles. The van der Waals surface area contributed by atoms with Gasteiger partial charge in [0.25, 0.3) is 0 Å². The van der Waals surface area contributed by atoms with Crippen molar-refractivity contribution in [3.63, 3.8) is 0 Å². The summed E-state index contributed by atoms with van der Waals surface area (Å²) >= 11 is 0. The fraction of sp³-hybridized carbons (Fsp3) is 0.385. The Balaban J connectivity index is 1.99. The van der Waals surface area contributed by atoms with E-state index in [0.717, 1.165) is 36.5 Å². The van der Waals surface area contributed by atoms with E-state index in [2.05, 4.69) is 34.2 Å². The van der Waals surface area contributed by atoms with Crippen LogP contribution in [0.15, 0.2) is 30.5 Å². The first kappa shape index (κ1) is 11.8. The van der Waals surface area contributed by atoms with E-state index in [-0.39, 0.29) is 0 Å². The molecule has 0 bridgehead atoms. The summed E-state index contributed by atoms with van der Waals surface area (Å²) in [6, 6.07) is 7.90. The second-order valence-electron chi connectivity index (χ2n) is 4.07. The molecule has 2 rings (SSSR count). The maximum absolute atomic E-state index is 4.51. The summed E-state index contributed by atoms with van der Waals surface area (Å²) in [5.74, 6) is 0.841. The van der Waals surface area contributed by atoms with Gasteiger partial charge < -0.3 is 10.2 Å². The third-order valence-electron chi connectivity index (χ3n) is 2.79. The van der Waals surface area contributed by atoms with E-state index >= 15 is 0 Å². The first-order valence-electron chi connectivity index (χ1n) is 5.94. The molecular formula is C13H18N4. The summed E-state index contributed by atoms with van der Waals surface area (Å²) in [7, 11) is 2.10. The monoisotopic (exact) mass is 230 g/mol. The molecule has 2 aromatic rings. The SMILES string of the molecule is CCN(C)CCNc1cnc2ccccc2n1. The molecule has 1 aromatic heterocycles. The van der Waals surface area contributed by atoms with Crippen LogP contribution in [0.3, 0.4) is 0 Å². The molecule has 0 fully saturated rings. The van der Waals surface area contributed by atoms with Gasteiger partial charge in [0.05, 0.1) is 17.2 Å². The van der Waals surface area contributed by atoms with Gasteiger partial charge in [-0.2, -0.15) is 0 Å². The Labute approximate surface area is 102 Å². The van der Waals surface area contributed by atoms with Crippen molar-refractivity contribution in [1.29, 1.82) is 0 Å². The van der Waals surface area contributed by atoms with Crippen LogP contribution < -0.4 is 5.32 Å². The molecule has 90 valence electrons. The van der Waals surface area contributed by atoms with Gasteiger partial charge in [-0.3, -0.25) is 4.98 Å². The lowest BCUT2D eigenvalue weighted by Gasteiger charge is -2.14. The molecule has 1 heterocycles. The van der Waals surface area contributed by atoms with Gasteiger partial charge in [0.2, 0.25) is 0 Å². The van der Waals surface area contributed by atoms with Crippen LogP contribution in [0.2, 0.25) is 0 Å². The number of anilines is 1. The molecule has 1 N–H and O–H groups in total. The highest BCUT2D eigenvalue weighted by atomic mass is 15.1.